The summed E-state index contributed by atoms with van der Waals surface area (Å²) >= 11 is 0. The molecule has 1 N–H and O–H groups in total. The summed E-state index contributed by atoms with van der Waals surface area (Å²) in [6, 6.07) is 0. The van der Waals surface area contributed by atoms with E-state index in [1.807, 2.05) is 0 Å². The molecule has 0 aliphatic carbocycles. The van der Waals surface area contributed by atoms with Crippen LogP contribution in [0.1, 0.15) is 27.7 Å². The van der Waals surface area contributed by atoms with Gasteiger partial charge in [-0.1, -0.05) is 20.8 Å². The Morgan fingerprint density at radius 1 is 1.27 bits per heavy atom. The average molecular weight is 157 g/mol. The fraction of sp³-hybridized carbons (Fsp3) is 0.750. The van der Waals surface area contributed by atoms with Crippen LogP contribution in [0.25, 0.3) is 0 Å². The van der Waals surface area contributed by atoms with Gasteiger partial charge in [-0.15, -0.1) is 0 Å². The number of hydrogen-bond acceptors (Lipinski definition) is 2. The number of nitrogens with one attached hydrogen (secondary N) is 1. The minimum Gasteiger partial charge on any atom is -0.350 e. The summed E-state index contributed by atoms with van der Waals surface area (Å²) in [5.41, 5.74) is -0.570. The molecule has 1 amide bonds. The summed E-state index contributed by atoms with van der Waals surface area (Å²) in [5, 5.41) is 2.46. The molecule has 0 aliphatic heterocycles. The zero-order valence-corrected chi connectivity index (χ0v) is 7.52. The molecule has 0 radical (unpaired) electrons. The number of likely N-dealkylation sites (N-methyl/N-ethyl adjacent to an activating group) is 1. The smallest absolute Gasteiger partial charge is 0.287 e. The first-order valence-electron chi connectivity index (χ1n) is 3.72. The molecule has 3 heteroatoms. The van der Waals surface area contributed by atoms with Crippen molar-refractivity contribution >= 4 is 11.7 Å². The maximum absolute atomic E-state index is 11.1. The quantitative estimate of drug-likeness (QED) is 0.601. The Labute approximate surface area is 67.2 Å². The van der Waals surface area contributed by atoms with E-state index in [2.05, 4.69) is 5.32 Å². The molecule has 64 valence electrons. The molecular weight excluding hydrogens is 142 g/mol. The van der Waals surface area contributed by atoms with E-state index < -0.39 is 11.3 Å². The predicted molar refractivity (Wildman–Crippen MR) is 43.1 cm³/mol. The largest absolute Gasteiger partial charge is 0.350 e. The molecule has 0 spiro atoms. The van der Waals surface area contributed by atoms with Gasteiger partial charge in [-0.25, -0.2) is 0 Å². The van der Waals surface area contributed by atoms with E-state index >= 15 is 0 Å². The van der Waals surface area contributed by atoms with Gasteiger partial charge < -0.3 is 5.32 Å². The van der Waals surface area contributed by atoms with Crippen LogP contribution >= 0.6 is 0 Å². The third-order valence-electron chi connectivity index (χ3n) is 1.22. The Hall–Kier alpha value is -0.860. The second-order valence-electron chi connectivity index (χ2n) is 3.44. The number of ketones is 1. The highest BCUT2D eigenvalue weighted by molar-refractivity contribution is 6.37. The van der Waals surface area contributed by atoms with E-state index in [0.717, 1.165) is 0 Å². The topological polar surface area (TPSA) is 46.2 Å². The van der Waals surface area contributed by atoms with Gasteiger partial charge in [0, 0.05) is 12.0 Å². The lowest BCUT2D eigenvalue weighted by atomic mass is 9.90. The molecule has 11 heavy (non-hydrogen) atoms. The highest BCUT2D eigenvalue weighted by Crippen LogP contribution is 2.13. The summed E-state index contributed by atoms with van der Waals surface area (Å²) in [6.07, 6.45) is 0. The third kappa shape index (κ3) is 3.16. The molecule has 0 saturated carbocycles. The van der Waals surface area contributed by atoms with Gasteiger partial charge in [-0.05, 0) is 6.92 Å². The average Bonchev–Trinajstić information content (AvgIpc) is 1.85. The fourth-order valence-electron chi connectivity index (χ4n) is 0.581. The molecule has 0 fully saturated rings. The molecule has 0 rings (SSSR count). The van der Waals surface area contributed by atoms with Crippen LogP contribution in [0.2, 0.25) is 0 Å². The van der Waals surface area contributed by atoms with Crippen molar-refractivity contribution in [3.63, 3.8) is 0 Å². The highest BCUT2D eigenvalue weighted by atomic mass is 16.2. The first-order chi connectivity index (χ1) is 4.89. The van der Waals surface area contributed by atoms with Crippen molar-refractivity contribution in [3.05, 3.63) is 0 Å². The van der Waals surface area contributed by atoms with Crippen molar-refractivity contribution in [1.29, 1.82) is 0 Å². The predicted octanol–water partition coefficient (Wildman–Crippen LogP) is 0.738. The van der Waals surface area contributed by atoms with Gasteiger partial charge in [0.1, 0.15) is 0 Å². The Bertz CT molecular complexity index is 167. The van der Waals surface area contributed by atoms with Crippen LogP contribution in [-0.4, -0.2) is 18.2 Å². The molecule has 3 nitrogen and oxygen atoms in total. The van der Waals surface area contributed by atoms with E-state index in [1.165, 1.54) is 0 Å². The lowest BCUT2D eigenvalue weighted by Gasteiger charge is -2.14. The molecule has 0 aliphatic rings. The molecule has 0 atom stereocenters. The van der Waals surface area contributed by atoms with Crippen molar-refractivity contribution in [2.24, 2.45) is 5.41 Å². The van der Waals surface area contributed by atoms with Crippen LogP contribution in [0.15, 0.2) is 0 Å². The van der Waals surface area contributed by atoms with Crippen LogP contribution in [0.4, 0.5) is 0 Å². The molecule has 0 saturated heterocycles. The lowest BCUT2D eigenvalue weighted by Crippen LogP contribution is -2.38. The second kappa shape index (κ2) is 3.51. The van der Waals surface area contributed by atoms with E-state index in [4.69, 9.17) is 0 Å². The van der Waals surface area contributed by atoms with Gasteiger partial charge in [0.05, 0.1) is 0 Å². The standard InChI is InChI=1S/C8H15NO2/c1-5-9-7(11)6(10)8(2,3)4/h5H2,1-4H3,(H,9,11). The van der Waals surface area contributed by atoms with Gasteiger partial charge in [-0.3, -0.25) is 9.59 Å². The SMILES string of the molecule is CCNC(=O)C(=O)C(C)(C)C. The number of rotatable bonds is 2. The molecule has 0 aromatic carbocycles. The van der Waals surface area contributed by atoms with Gasteiger partial charge >= 0.3 is 0 Å². The van der Waals surface area contributed by atoms with Crippen molar-refractivity contribution < 1.29 is 9.59 Å². The Kier molecular flexibility index (Phi) is 3.23. The number of Topliss-reactive ketones (excluding diaryl/α,β-unsaturated/α-hetero) is 1. The molecule has 0 heterocycles. The van der Waals surface area contributed by atoms with E-state index in [9.17, 15) is 9.59 Å². The Morgan fingerprint density at radius 2 is 1.73 bits per heavy atom. The summed E-state index contributed by atoms with van der Waals surface area (Å²) in [4.78, 5) is 22.1. The van der Waals surface area contributed by atoms with Crippen molar-refractivity contribution in [3.8, 4) is 0 Å². The minimum absolute atomic E-state index is 0.362. The van der Waals surface area contributed by atoms with Crippen LogP contribution in [-0.2, 0) is 9.59 Å². The summed E-state index contributed by atoms with van der Waals surface area (Å²) in [7, 11) is 0. The number of hydrogen-bond donors (Lipinski definition) is 1. The normalized spacial score (nSPS) is 10.9. The number of carbonyl (C=O) groups excluding carboxylic acids is 2. The summed E-state index contributed by atoms with van der Waals surface area (Å²) in [6.45, 7) is 7.47. The Morgan fingerprint density at radius 3 is 2.00 bits per heavy atom. The van der Waals surface area contributed by atoms with E-state index in [1.54, 1.807) is 27.7 Å². The fourth-order valence-corrected chi connectivity index (χ4v) is 0.581. The van der Waals surface area contributed by atoms with Crippen LogP contribution in [0, 0.1) is 5.41 Å². The van der Waals surface area contributed by atoms with Crippen LogP contribution in [0.5, 0.6) is 0 Å². The molecule has 0 bridgehead atoms. The third-order valence-corrected chi connectivity index (χ3v) is 1.22. The number of amides is 1. The van der Waals surface area contributed by atoms with Crippen LogP contribution < -0.4 is 5.32 Å². The monoisotopic (exact) mass is 157 g/mol. The summed E-state index contributed by atoms with van der Waals surface area (Å²) < 4.78 is 0. The van der Waals surface area contributed by atoms with Gasteiger partial charge in [0.25, 0.3) is 5.91 Å². The van der Waals surface area contributed by atoms with Crippen molar-refractivity contribution in [1.82, 2.24) is 5.32 Å². The van der Waals surface area contributed by atoms with Crippen molar-refractivity contribution in [2.75, 3.05) is 6.54 Å². The number of carbonyl (C=O) groups is 2. The van der Waals surface area contributed by atoms with Crippen LogP contribution in [0.3, 0.4) is 0 Å². The molecule has 0 aromatic heterocycles. The Balaban J connectivity index is 4.15. The van der Waals surface area contributed by atoms with E-state index in [0.29, 0.717) is 6.54 Å². The van der Waals surface area contributed by atoms with Gasteiger partial charge in [0.15, 0.2) is 0 Å². The first kappa shape index (κ1) is 10.1. The maximum atomic E-state index is 11.1. The minimum atomic E-state index is -0.570. The zero-order chi connectivity index (χ0) is 9.07. The van der Waals surface area contributed by atoms with E-state index in [-0.39, 0.29) is 5.78 Å². The van der Waals surface area contributed by atoms with Crippen molar-refractivity contribution in [2.45, 2.75) is 27.7 Å². The molecule has 0 aromatic rings. The zero-order valence-electron chi connectivity index (χ0n) is 7.52. The first-order valence-corrected chi connectivity index (χ1v) is 3.72. The second-order valence-corrected chi connectivity index (χ2v) is 3.44. The molecular formula is C8H15NO2. The van der Waals surface area contributed by atoms with Gasteiger partial charge in [0.2, 0.25) is 5.78 Å². The summed E-state index contributed by atoms with van der Waals surface area (Å²) in [5.74, 6) is -0.848. The van der Waals surface area contributed by atoms with Gasteiger partial charge in [-0.2, -0.15) is 0 Å². The maximum Gasteiger partial charge on any atom is 0.287 e. The highest BCUT2D eigenvalue weighted by Gasteiger charge is 2.27. The molecule has 0 unspecified atom stereocenters. The lowest BCUT2D eigenvalue weighted by molar-refractivity contribution is -0.142.